The number of nitrogens with zero attached hydrogens (tertiary/aromatic N) is 4. The summed E-state index contributed by atoms with van der Waals surface area (Å²) in [6.07, 6.45) is 8.28. The molecule has 1 N–H and O–H groups in total. The summed E-state index contributed by atoms with van der Waals surface area (Å²) >= 11 is 0. The first-order valence-electron chi connectivity index (χ1n) is 6.05. The average molecular weight is 231 g/mol. The Morgan fingerprint density at radius 3 is 3.18 bits per heavy atom. The van der Waals surface area contributed by atoms with E-state index in [2.05, 4.69) is 20.0 Å². The molecule has 0 aliphatic carbocycles. The van der Waals surface area contributed by atoms with Crippen LogP contribution in [-0.4, -0.2) is 25.9 Å². The SMILES string of the molecule is Cn1ccc(Cn2cncc2[C@@H]2CCCN2)n1. The van der Waals surface area contributed by atoms with Crippen LogP contribution in [0.25, 0.3) is 0 Å². The molecular weight excluding hydrogens is 214 g/mol. The first-order chi connectivity index (χ1) is 8.33. The number of rotatable bonds is 3. The van der Waals surface area contributed by atoms with E-state index in [-0.39, 0.29) is 0 Å². The zero-order valence-corrected chi connectivity index (χ0v) is 10.0. The fourth-order valence-corrected chi connectivity index (χ4v) is 2.41. The minimum absolute atomic E-state index is 0.459. The van der Waals surface area contributed by atoms with Crippen molar-refractivity contribution in [3.8, 4) is 0 Å². The highest BCUT2D eigenvalue weighted by molar-refractivity contribution is 5.10. The van der Waals surface area contributed by atoms with Crippen molar-refractivity contribution in [3.63, 3.8) is 0 Å². The Morgan fingerprint density at radius 2 is 2.47 bits per heavy atom. The summed E-state index contributed by atoms with van der Waals surface area (Å²) in [4.78, 5) is 4.26. The zero-order chi connectivity index (χ0) is 11.7. The van der Waals surface area contributed by atoms with Crippen molar-refractivity contribution < 1.29 is 0 Å². The summed E-state index contributed by atoms with van der Waals surface area (Å²) in [7, 11) is 1.94. The molecule has 0 bridgehead atoms. The molecule has 3 rings (SSSR count). The van der Waals surface area contributed by atoms with E-state index in [9.17, 15) is 0 Å². The molecule has 2 aromatic rings. The topological polar surface area (TPSA) is 47.7 Å². The summed E-state index contributed by atoms with van der Waals surface area (Å²) < 4.78 is 4.02. The third-order valence-electron chi connectivity index (χ3n) is 3.26. The standard InChI is InChI=1S/C12H17N5/c1-16-6-4-10(15-16)8-17-9-13-7-12(17)11-3-2-5-14-11/h4,6-7,9,11,14H,2-3,5,8H2,1H3/t11-/m0/s1. The number of nitrogens with one attached hydrogen (secondary N) is 1. The third-order valence-corrected chi connectivity index (χ3v) is 3.26. The van der Waals surface area contributed by atoms with Crippen molar-refractivity contribution in [2.24, 2.45) is 7.05 Å². The largest absolute Gasteiger partial charge is 0.327 e. The van der Waals surface area contributed by atoms with Gasteiger partial charge in [-0.1, -0.05) is 0 Å². The summed E-state index contributed by atoms with van der Waals surface area (Å²) in [6.45, 7) is 1.91. The van der Waals surface area contributed by atoms with Crippen LogP contribution in [0, 0.1) is 0 Å². The third kappa shape index (κ3) is 2.10. The lowest BCUT2D eigenvalue weighted by atomic mass is 10.2. The monoisotopic (exact) mass is 231 g/mol. The highest BCUT2D eigenvalue weighted by Gasteiger charge is 2.19. The molecule has 0 saturated carbocycles. The Morgan fingerprint density at radius 1 is 1.53 bits per heavy atom. The van der Waals surface area contributed by atoms with Crippen molar-refractivity contribution >= 4 is 0 Å². The fourth-order valence-electron chi connectivity index (χ4n) is 2.41. The minimum Gasteiger partial charge on any atom is -0.327 e. The van der Waals surface area contributed by atoms with Crippen LogP contribution in [0.1, 0.15) is 30.3 Å². The molecule has 0 radical (unpaired) electrons. The van der Waals surface area contributed by atoms with Gasteiger partial charge in [-0.2, -0.15) is 5.10 Å². The lowest BCUT2D eigenvalue weighted by Crippen LogP contribution is -2.17. The first-order valence-corrected chi connectivity index (χ1v) is 6.05. The first kappa shape index (κ1) is 10.5. The van der Waals surface area contributed by atoms with Crippen LogP contribution in [0.2, 0.25) is 0 Å². The molecule has 1 aliphatic heterocycles. The second-order valence-corrected chi connectivity index (χ2v) is 4.58. The zero-order valence-electron chi connectivity index (χ0n) is 10.0. The van der Waals surface area contributed by atoms with E-state index in [0.29, 0.717) is 6.04 Å². The predicted molar refractivity (Wildman–Crippen MR) is 64.5 cm³/mol. The summed E-state index contributed by atoms with van der Waals surface area (Å²) in [5, 5.41) is 7.90. The Hall–Kier alpha value is -1.62. The van der Waals surface area contributed by atoms with Crippen LogP contribution >= 0.6 is 0 Å². The van der Waals surface area contributed by atoms with Gasteiger partial charge in [-0.15, -0.1) is 0 Å². The second kappa shape index (κ2) is 4.33. The van der Waals surface area contributed by atoms with Crippen LogP contribution in [0.5, 0.6) is 0 Å². The van der Waals surface area contributed by atoms with Gasteiger partial charge in [-0.05, 0) is 25.5 Å². The van der Waals surface area contributed by atoms with Gasteiger partial charge in [0.25, 0.3) is 0 Å². The lowest BCUT2D eigenvalue weighted by molar-refractivity contribution is 0.578. The van der Waals surface area contributed by atoms with Crippen molar-refractivity contribution in [3.05, 3.63) is 36.2 Å². The van der Waals surface area contributed by atoms with Crippen LogP contribution in [-0.2, 0) is 13.6 Å². The van der Waals surface area contributed by atoms with Crippen molar-refractivity contribution in [1.82, 2.24) is 24.6 Å². The Labute approximate surface area is 100 Å². The lowest BCUT2D eigenvalue weighted by Gasteiger charge is -2.12. The molecule has 1 saturated heterocycles. The molecule has 5 nitrogen and oxygen atoms in total. The van der Waals surface area contributed by atoms with Gasteiger partial charge in [-0.25, -0.2) is 4.98 Å². The Balaban J connectivity index is 1.81. The van der Waals surface area contributed by atoms with E-state index < -0.39 is 0 Å². The van der Waals surface area contributed by atoms with Crippen molar-refractivity contribution in [2.45, 2.75) is 25.4 Å². The van der Waals surface area contributed by atoms with Crippen LogP contribution in [0.4, 0.5) is 0 Å². The van der Waals surface area contributed by atoms with Gasteiger partial charge in [0.1, 0.15) is 0 Å². The molecule has 5 heteroatoms. The molecule has 2 aromatic heterocycles. The Kier molecular flexibility index (Phi) is 2.68. The van der Waals surface area contributed by atoms with Gasteiger partial charge in [-0.3, -0.25) is 4.68 Å². The van der Waals surface area contributed by atoms with Crippen molar-refractivity contribution in [1.29, 1.82) is 0 Å². The van der Waals surface area contributed by atoms with E-state index in [0.717, 1.165) is 18.8 Å². The van der Waals surface area contributed by atoms with Gasteiger partial charge >= 0.3 is 0 Å². The molecule has 17 heavy (non-hydrogen) atoms. The predicted octanol–water partition coefficient (Wildman–Crippen LogP) is 1.09. The number of aryl methyl sites for hydroxylation is 1. The normalized spacial score (nSPS) is 19.9. The average Bonchev–Trinajstić information content (AvgIpc) is 3.00. The molecule has 0 aromatic carbocycles. The molecule has 1 fully saturated rings. The van der Waals surface area contributed by atoms with Crippen LogP contribution < -0.4 is 5.32 Å². The Bertz CT molecular complexity index is 492. The molecule has 90 valence electrons. The molecule has 0 spiro atoms. The molecular formula is C12H17N5. The van der Waals surface area contributed by atoms with Gasteiger partial charge in [0, 0.05) is 25.5 Å². The van der Waals surface area contributed by atoms with E-state index in [1.54, 1.807) is 0 Å². The number of imidazole rings is 1. The number of hydrogen-bond donors (Lipinski definition) is 1. The fraction of sp³-hybridized carbons (Fsp3) is 0.500. The maximum Gasteiger partial charge on any atom is 0.0952 e. The highest BCUT2D eigenvalue weighted by atomic mass is 15.3. The molecule has 1 atom stereocenters. The van der Waals surface area contributed by atoms with Crippen LogP contribution in [0.3, 0.4) is 0 Å². The number of hydrogen-bond acceptors (Lipinski definition) is 3. The molecule has 1 aliphatic rings. The molecule has 0 amide bonds. The van der Waals surface area contributed by atoms with E-state index in [1.807, 2.05) is 36.5 Å². The van der Waals surface area contributed by atoms with E-state index in [1.165, 1.54) is 18.5 Å². The smallest absolute Gasteiger partial charge is 0.0952 e. The maximum absolute atomic E-state index is 4.40. The molecule has 3 heterocycles. The van der Waals surface area contributed by atoms with E-state index >= 15 is 0 Å². The van der Waals surface area contributed by atoms with Gasteiger partial charge < -0.3 is 9.88 Å². The quantitative estimate of drug-likeness (QED) is 0.860. The van der Waals surface area contributed by atoms with E-state index in [4.69, 9.17) is 0 Å². The summed E-state index contributed by atoms with van der Waals surface area (Å²) in [5.41, 5.74) is 2.35. The molecule has 0 unspecified atom stereocenters. The number of aromatic nitrogens is 4. The summed E-state index contributed by atoms with van der Waals surface area (Å²) in [5.74, 6) is 0. The van der Waals surface area contributed by atoms with Crippen molar-refractivity contribution in [2.75, 3.05) is 6.54 Å². The maximum atomic E-state index is 4.40. The van der Waals surface area contributed by atoms with Gasteiger partial charge in [0.05, 0.1) is 24.3 Å². The van der Waals surface area contributed by atoms with Crippen LogP contribution in [0.15, 0.2) is 24.8 Å². The van der Waals surface area contributed by atoms with Gasteiger partial charge in [0.2, 0.25) is 0 Å². The summed E-state index contributed by atoms with van der Waals surface area (Å²) in [6, 6.07) is 2.51. The van der Waals surface area contributed by atoms with Gasteiger partial charge in [0.15, 0.2) is 0 Å². The highest BCUT2D eigenvalue weighted by Crippen LogP contribution is 2.22. The minimum atomic E-state index is 0.459. The second-order valence-electron chi connectivity index (χ2n) is 4.58.